The van der Waals surface area contributed by atoms with Crippen LogP contribution in [0.1, 0.15) is 63.4 Å². The first kappa shape index (κ1) is 35.0. The minimum atomic E-state index is -0.622. The highest BCUT2D eigenvalue weighted by Gasteiger charge is 2.28. The standard InChI is InChI=1S/C36H34N4O7S2/c1-3-47-36(44)31-28-14-7-8-15-30(28)49-35(31)39-32(41)22(2)48-27-13-9-12-25(21-27)37-34(43)29(38-33(42)24-10-5-4-6-11-24)20-23-16-18-26(19-17-23)40(45)46/h4-6,9-13,16-22H,3,7-8,14-15H2,1-2H3,(H,37,43)(H,38,42)(H,39,41)/b29-20+. The van der Waals surface area contributed by atoms with Crippen molar-refractivity contribution in [1.29, 1.82) is 0 Å². The number of nitro benzene ring substituents is 1. The molecule has 0 saturated heterocycles. The number of carbonyl (C=O) groups excluding carboxylic acids is 4. The molecule has 11 nitrogen and oxygen atoms in total. The molecule has 0 radical (unpaired) electrons. The van der Waals surface area contributed by atoms with Crippen molar-refractivity contribution in [2.24, 2.45) is 0 Å². The molecule has 0 aliphatic heterocycles. The van der Waals surface area contributed by atoms with Gasteiger partial charge >= 0.3 is 5.97 Å². The number of non-ortho nitro benzene ring substituents is 1. The number of carbonyl (C=O) groups is 4. The van der Waals surface area contributed by atoms with Crippen LogP contribution in [0.15, 0.2) is 89.5 Å². The van der Waals surface area contributed by atoms with Crippen molar-refractivity contribution in [2.75, 3.05) is 17.2 Å². The van der Waals surface area contributed by atoms with Crippen LogP contribution in [0.25, 0.3) is 6.08 Å². The van der Waals surface area contributed by atoms with Crippen LogP contribution in [0.2, 0.25) is 0 Å². The Kier molecular flexibility index (Phi) is 11.6. The van der Waals surface area contributed by atoms with Crippen LogP contribution in [0.4, 0.5) is 16.4 Å². The van der Waals surface area contributed by atoms with Gasteiger partial charge in [0.25, 0.3) is 17.5 Å². The number of aryl methyl sites for hydroxylation is 1. The summed E-state index contributed by atoms with van der Waals surface area (Å²) in [6, 6.07) is 20.9. The van der Waals surface area contributed by atoms with Gasteiger partial charge in [-0.05, 0) is 99.2 Å². The number of anilines is 2. The fraction of sp³-hybridized carbons (Fsp3) is 0.222. The zero-order valence-electron chi connectivity index (χ0n) is 26.8. The van der Waals surface area contributed by atoms with Crippen molar-refractivity contribution in [2.45, 2.75) is 49.7 Å². The van der Waals surface area contributed by atoms with E-state index >= 15 is 0 Å². The van der Waals surface area contributed by atoms with E-state index in [1.807, 2.05) is 6.07 Å². The molecular formula is C36H34N4O7S2. The molecule has 4 aromatic rings. The van der Waals surface area contributed by atoms with E-state index in [0.717, 1.165) is 36.1 Å². The summed E-state index contributed by atoms with van der Waals surface area (Å²) in [7, 11) is 0. The number of benzene rings is 3. The Bertz CT molecular complexity index is 1910. The topological polar surface area (TPSA) is 157 Å². The number of nitrogens with zero attached hydrogens (tertiary/aromatic N) is 1. The highest BCUT2D eigenvalue weighted by molar-refractivity contribution is 8.00. The summed E-state index contributed by atoms with van der Waals surface area (Å²) in [6.45, 7) is 3.75. The van der Waals surface area contributed by atoms with Gasteiger partial charge in [-0.1, -0.05) is 24.3 Å². The second kappa shape index (κ2) is 16.2. The zero-order valence-corrected chi connectivity index (χ0v) is 28.5. The number of rotatable bonds is 12. The third-order valence-corrected chi connectivity index (χ3v) is 9.91. The molecule has 0 bridgehead atoms. The molecule has 0 saturated carbocycles. The molecule has 1 atom stereocenters. The number of thiophene rings is 1. The van der Waals surface area contributed by atoms with E-state index in [2.05, 4.69) is 16.0 Å². The summed E-state index contributed by atoms with van der Waals surface area (Å²) in [5.74, 6) is -1.84. The average Bonchev–Trinajstić information content (AvgIpc) is 3.46. The first-order valence-corrected chi connectivity index (χ1v) is 17.4. The van der Waals surface area contributed by atoms with Crippen LogP contribution in [0.3, 0.4) is 0 Å². The van der Waals surface area contributed by atoms with E-state index in [0.29, 0.717) is 32.3 Å². The van der Waals surface area contributed by atoms with Crippen molar-refractivity contribution in [3.63, 3.8) is 0 Å². The van der Waals surface area contributed by atoms with Crippen LogP contribution in [-0.4, -0.2) is 40.5 Å². The van der Waals surface area contributed by atoms with Crippen molar-refractivity contribution in [3.8, 4) is 0 Å². The predicted molar refractivity (Wildman–Crippen MR) is 191 cm³/mol. The predicted octanol–water partition coefficient (Wildman–Crippen LogP) is 7.24. The van der Waals surface area contributed by atoms with Gasteiger partial charge in [-0.25, -0.2) is 4.79 Å². The summed E-state index contributed by atoms with van der Waals surface area (Å²) < 4.78 is 5.31. The van der Waals surface area contributed by atoms with Crippen molar-refractivity contribution in [3.05, 3.63) is 122 Å². The highest BCUT2D eigenvalue weighted by atomic mass is 32.2. The Morgan fingerprint density at radius 3 is 2.43 bits per heavy atom. The zero-order chi connectivity index (χ0) is 34.9. The molecule has 49 heavy (non-hydrogen) atoms. The lowest BCUT2D eigenvalue weighted by Gasteiger charge is -2.15. The highest BCUT2D eigenvalue weighted by Crippen LogP contribution is 2.39. The van der Waals surface area contributed by atoms with Crippen LogP contribution in [0.5, 0.6) is 0 Å². The summed E-state index contributed by atoms with van der Waals surface area (Å²) in [6.07, 6.45) is 5.09. The molecular weight excluding hydrogens is 665 g/mol. The number of ether oxygens (including phenoxy) is 1. The molecule has 1 aliphatic carbocycles. The minimum absolute atomic E-state index is 0.0791. The molecule has 3 aromatic carbocycles. The third-order valence-electron chi connectivity index (χ3n) is 7.61. The number of nitrogens with one attached hydrogen (secondary N) is 3. The first-order valence-electron chi connectivity index (χ1n) is 15.7. The summed E-state index contributed by atoms with van der Waals surface area (Å²) in [5, 5.41) is 19.4. The maximum atomic E-state index is 13.5. The molecule has 13 heteroatoms. The monoisotopic (exact) mass is 698 g/mol. The van der Waals surface area contributed by atoms with E-state index in [-0.39, 0.29) is 23.9 Å². The SMILES string of the molecule is CCOC(=O)c1c(NC(=O)C(C)Sc2cccc(NC(=O)/C(=C\c3ccc([N+](=O)[O-])cc3)NC(=O)c3ccccc3)c2)sc2c1CCCC2. The maximum absolute atomic E-state index is 13.5. The normalized spacial score (nSPS) is 13.1. The van der Waals surface area contributed by atoms with Gasteiger partial charge in [-0.15, -0.1) is 23.1 Å². The van der Waals surface area contributed by atoms with Crippen LogP contribution >= 0.6 is 23.1 Å². The van der Waals surface area contributed by atoms with Gasteiger partial charge in [0.1, 0.15) is 10.7 Å². The van der Waals surface area contributed by atoms with Gasteiger partial charge in [0.05, 0.1) is 22.3 Å². The molecule has 1 aromatic heterocycles. The van der Waals surface area contributed by atoms with Gasteiger partial charge < -0.3 is 20.7 Å². The van der Waals surface area contributed by atoms with Crippen molar-refractivity contribution >= 4 is 69.2 Å². The van der Waals surface area contributed by atoms with Gasteiger partial charge in [-0.3, -0.25) is 24.5 Å². The van der Waals surface area contributed by atoms with Crippen LogP contribution < -0.4 is 16.0 Å². The van der Waals surface area contributed by atoms with Crippen LogP contribution in [0, 0.1) is 10.1 Å². The number of hydrogen-bond acceptors (Lipinski definition) is 9. The number of thioether (sulfide) groups is 1. The minimum Gasteiger partial charge on any atom is -0.462 e. The Morgan fingerprint density at radius 1 is 0.980 bits per heavy atom. The molecule has 3 amide bonds. The van der Waals surface area contributed by atoms with Gasteiger partial charge in [-0.2, -0.15) is 0 Å². The summed E-state index contributed by atoms with van der Waals surface area (Å²) in [5.41, 5.74) is 2.46. The quantitative estimate of drug-likeness (QED) is 0.0460. The van der Waals surface area contributed by atoms with E-state index in [1.54, 1.807) is 62.4 Å². The van der Waals surface area contributed by atoms with Crippen molar-refractivity contribution < 1.29 is 28.8 Å². The fourth-order valence-electron chi connectivity index (χ4n) is 5.19. The number of fused-ring (bicyclic) bond motifs is 1. The third kappa shape index (κ3) is 9.00. The van der Waals surface area contributed by atoms with Crippen LogP contribution in [-0.2, 0) is 27.2 Å². The molecule has 1 aliphatic rings. The fourth-order valence-corrected chi connectivity index (χ4v) is 7.40. The Balaban J connectivity index is 1.30. The lowest BCUT2D eigenvalue weighted by Crippen LogP contribution is -2.30. The van der Waals surface area contributed by atoms with E-state index in [4.69, 9.17) is 4.74 Å². The summed E-state index contributed by atoms with van der Waals surface area (Å²) in [4.78, 5) is 65.0. The second-order valence-corrected chi connectivity index (χ2v) is 13.6. The Hall–Kier alpha value is -5.27. The van der Waals surface area contributed by atoms with E-state index in [1.165, 1.54) is 53.4 Å². The lowest BCUT2D eigenvalue weighted by molar-refractivity contribution is -0.384. The number of hydrogen-bond donors (Lipinski definition) is 3. The smallest absolute Gasteiger partial charge is 0.341 e. The van der Waals surface area contributed by atoms with Crippen molar-refractivity contribution in [1.82, 2.24) is 5.32 Å². The Morgan fingerprint density at radius 2 is 1.71 bits per heavy atom. The molecule has 3 N–H and O–H groups in total. The molecule has 5 rings (SSSR count). The van der Waals surface area contributed by atoms with E-state index in [9.17, 15) is 29.3 Å². The lowest BCUT2D eigenvalue weighted by atomic mass is 9.95. The summed E-state index contributed by atoms with van der Waals surface area (Å²) >= 11 is 2.71. The second-order valence-electron chi connectivity index (χ2n) is 11.1. The number of esters is 1. The first-order chi connectivity index (χ1) is 23.6. The molecule has 1 heterocycles. The van der Waals surface area contributed by atoms with Gasteiger partial charge in [0.15, 0.2) is 0 Å². The van der Waals surface area contributed by atoms with Gasteiger partial charge in [0.2, 0.25) is 5.91 Å². The molecule has 0 fully saturated rings. The number of amides is 3. The molecule has 0 spiro atoms. The van der Waals surface area contributed by atoms with E-state index < -0.39 is 28.0 Å². The largest absolute Gasteiger partial charge is 0.462 e. The van der Waals surface area contributed by atoms with Gasteiger partial charge in [0, 0.05) is 33.2 Å². The number of nitro groups is 1. The molecule has 252 valence electrons. The average molecular weight is 699 g/mol. The Labute approximate surface area is 291 Å². The maximum Gasteiger partial charge on any atom is 0.341 e. The molecule has 1 unspecified atom stereocenters.